The molecule has 5 heteroatoms. The molecule has 0 fully saturated rings. The molecule has 2 aromatic rings. The first-order valence-electron chi connectivity index (χ1n) is 6.16. The van der Waals surface area contributed by atoms with Gasteiger partial charge in [-0.1, -0.05) is 18.2 Å². The lowest BCUT2D eigenvalue weighted by molar-refractivity contribution is 0.327. The maximum atomic E-state index is 6.15. The third-order valence-electron chi connectivity index (χ3n) is 2.56. The summed E-state index contributed by atoms with van der Waals surface area (Å²) in [5.74, 6) is 1.05. The molecule has 1 unspecified atom stereocenters. The van der Waals surface area contributed by atoms with Gasteiger partial charge in [0.2, 0.25) is 11.8 Å². The zero-order valence-electron chi connectivity index (χ0n) is 10.9. The van der Waals surface area contributed by atoms with Gasteiger partial charge >= 0.3 is 0 Å². The van der Waals surface area contributed by atoms with Gasteiger partial charge in [-0.3, -0.25) is 0 Å². The molecule has 0 radical (unpaired) electrons. The van der Waals surface area contributed by atoms with E-state index in [0.717, 1.165) is 11.3 Å². The third-order valence-corrected chi connectivity index (χ3v) is 2.79. The summed E-state index contributed by atoms with van der Waals surface area (Å²) in [6.45, 7) is 4.42. The fourth-order valence-electron chi connectivity index (χ4n) is 1.71. The minimum atomic E-state index is -0.0845. The standard InChI is InChI=1S/C14H16ClN3O/c1-3-19-13-8-9-16-14(18-13)17-12-7-5-4-6-11(12)10(2)15/h4-10H,3H2,1-2H3,(H,16,17,18). The van der Waals surface area contributed by atoms with Crippen LogP contribution in [0.3, 0.4) is 0 Å². The summed E-state index contributed by atoms with van der Waals surface area (Å²) in [6.07, 6.45) is 1.66. The summed E-state index contributed by atoms with van der Waals surface area (Å²) in [7, 11) is 0. The number of hydrogen-bond donors (Lipinski definition) is 1. The van der Waals surface area contributed by atoms with Crippen molar-refractivity contribution in [2.75, 3.05) is 11.9 Å². The second-order valence-corrected chi connectivity index (χ2v) is 4.63. The minimum Gasteiger partial charge on any atom is -0.478 e. The van der Waals surface area contributed by atoms with Crippen molar-refractivity contribution in [3.05, 3.63) is 42.1 Å². The molecule has 0 aliphatic rings. The van der Waals surface area contributed by atoms with E-state index in [-0.39, 0.29) is 5.38 Å². The number of para-hydroxylation sites is 1. The number of nitrogens with zero attached hydrogens (tertiary/aromatic N) is 2. The van der Waals surface area contributed by atoms with E-state index in [4.69, 9.17) is 16.3 Å². The van der Waals surface area contributed by atoms with Crippen molar-refractivity contribution in [1.29, 1.82) is 0 Å². The first kappa shape index (κ1) is 13.6. The number of nitrogens with one attached hydrogen (secondary N) is 1. The number of halogens is 1. The Morgan fingerprint density at radius 1 is 1.32 bits per heavy atom. The van der Waals surface area contributed by atoms with Gasteiger partial charge in [0.1, 0.15) is 0 Å². The van der Waals surface area contributed by atoms with Gasteiger partial charge in [-0.05, 0) is 25.5 Å². The highest BCUT2D eigenvalue weighted by molar-refractivity contribution is 6.21. The molecule has 0 amide bonds. The molecule has 1 aromatic heterocycles. The van der Waals surface area contributed by atoms with E-state index in [0.29, 0.717) is 18.4 Å². The summed E-state index contributed by atoms with van der Waals surface area (Å²) < 4.78 is 5.34. The van der Waals surface area contributed by atoms with Gasteiger partial charge in [0.05, 0.1) is 12.0 Å². The Bertz CT molecular complexity index is 546. The fourth-order valence-corrected chi connectivity index (χ4v) is 1.90. The van der Waals surface area contributed by atoms with Crippen LogP contribution in [-0.4, -0.2) is 16.6 Å². The van der Waals surface area contributed by atoms with Gasteiger partial charge in [0, 0.05) is 18.0 Å². The predicted molar refractivity (Wildman–Crippen MR) is 77.2 cm³/mol. The second-order valence-electron chi connectivity index (χ2n) is 3.98. The Morgan fingerprint density at radius 3 is 2.84 bits per heavy atom. The average Bonchev–Trinajstić information content (AvgIpc) is 2.40. The quantitative estimate of drug-likeness (QED) is 0.842. The van der Waals surface area contributed by atoms with Crippen molar-refractivity contribution in [2.45, 2.75) is 19.2 Å². The molecule has 1 aromatic carbocycles. The van der Waals surface area contributed by atoms with E-state index in [9.17, 15) is 0 Å². The predicted octanol–water partition coefficient (Wildman–Crippen LogP) is 3.92. The second kappa shape index (κ2) is 6.38. The minimum absolute atomic E-state index is 0.0845. The monoisotopic (exact) mass is 277 g/mol. The third kappa shape index (κ3) is 3.58. The van der Waals surface area contributed by atoms with Gasteiger partial charge < -0.3 is 10.1 Å². The van der Waals surface area contributed by atoms with Gasteiger partial charge in [-0.25, -0.2) is 4.98 Å². The van der Waals surface area contributed by atoms with Gasteiger partial charge in [0.15, 0.2) is 0 Å². The fraction of sp³-hybridized carbons (Fsp3) is 0.286. The van der Waals surface area contributed by atoms with Crippen LogP contribution < -0.4 is 10.1 Å². The Hall–Kier alpha value is -1.81. The van der Waals surface area contributed by atoms with Crippen molar-refractivity contribution >= 4 is 23.2 Å². The first-order chi connectivity index (χ1) is 9.20. The molecule has 2 rings (SSSR count). The van der Waals surface area contributed by atoms with Crippen molar-refractivity contribution in [1.82, 2.24) is 9.97 Å². The average molecular weight is 278 g/mol. The molecule has 19 heavy (non-hydrogen) atoms. The molecular formula is C14H16ClN3O. The summed E-state index contributed by atoms with van der Waals surface area (Å²) in [4.78, 5) is 8.44. The molecule has 1 atom stereocenters. The zero-order valence-corrected chi connectivity index (χ0v) is 11.7. The molecule has 0 aliphatic heterocycles. The van der Waals surface area contributed by atoms with Crippen LogP contribution in [0.25, 0.3) is 0 Å². The van der Waals surface area contributed by atoms with Crippen LogP contribution in [0.4, 0.5) is 11.6 Å². The van der Waals surface area contributed by atoms with Crippen LogP contribution in [0, 0.1) is 0 Å². The largest absolute Gasteiger partial charge is 0.478 e. The van der Waals surface area contributed by atoms with Crippen LogP contribution in [0.5, 0.6) is 5.88 Å². The number of anilines is 2. The van der Waals surface area contributed by atoms with Crippen LogP contribution in [-0.2, 0) is 0 Å². The smallest absolute Gasteiger partial charge is 0.230 e. The first-order valence-corrected chi connectivity index (χ1v) is 6.60. The lowest BCUT2D eigenvalue weighted by atomic mass is 10.1. The lowest BCUT2D eigenvalue weighted by Crippen LogP contribution is -2.02. The van der Waals surface area contributed by atoms with E-state index in [1.807, 2.05) is 38.1 Å². The molecule has 1 N–H and O–H groups in total. The molecule has 0 spiro atoms. The highest BCUT2D eigenvalue weighted by atomic mass is 35.5. The molecule has 4 nitrogen and oxygen atoms in total. The van der Waals surface area contributed by atoms with Crippen molar-refractivity contribution in [3.8, 4) is 5.88 Å². The summed E-state index contributed by atoms with van der Waals surface area (Å²) >= 11 is 6.15. The van der Waals surface area contributed by atoms with Crippen molar-refractivity contribution < 1.29 is 4.74 Å². The molecule has 100 valence electrons. The van der Waals surface area contributed by atoms with Crippen LogP contribution in [0.2, 0.25) is 0 Å². The number of ether oxygens (including phenoxy) is 1. The Kier molecular flexibility index (Phi) is 4.58. The number of alkyl halides is 1. The molecular weight excluding hydrogens is 262 g/mol. The topological polar surface area (TPSA) is 47.0 Å². The van der Waals surface area contributed by atoms with E-state index >= 15 is 0 Å². The van der Waals surface area contributed by atoms with Gasteiger partial charge in [0.25, 0.3) is 0 Å². The number of benzene rings is 1. The van der Waals surface area contributed by atoms with Gasteiger partial charge in [-0.2, -0.15) is 4.98 Å². The summed E-state index contributed by atoms with van der Waals surface area (Å²) in [5, 5.41) is 3.08. The van der Waals surface area contributed by atoms with Crippen LogP contribution in [0.1, 0.15) is 24.8 Å². The van der Waals surface area contributed by atoms with Crippen molar-refractivity contribution in [3.63, 3.8) is 0 Å². The van der Waals surface area contributed by atoms with Gasteiger partial charge in [-0.15, -0.1) is 11.6 Å². The normalized spacial score (nSPS) is 11.9. The summed E-state index contributed by atoms with van der Waals surface area (Å²) in [6, 6.07) is 9.55. The maximum absolute atomic E-state index is 6.15. The lowest BCUT2D eigenvalue weighted by Gasteiger charge is -2.12. The highest BCUT2D eigenvalue weighted by Gasteiger charge is 2.08. The SMILES string of the molecule is CCOc1ccnc(Nc2ccccc2C(C)Cl)n1. The zero-order chi connectivity index (χ0) is 13.7. The maximum Gasteiger partial charge on any atom is 0.230 e. The molecule has 0 aliphatic carbocycles. The Morgan fingerprint density at radius 2 is 2.11 bits per heavy atom. The van der Waals surface area contributed by atoms with E-state index in [2.05, 4.69) is 15.3 Å². The molecule has 0 saturated heterocycles. The van der Waals surface area contributed by atoms with E-state index in [1.165, 1.54) is 0 Å². The van der Waals surface area contributed by atoms with Crippen molar-refractivity contribution in [2.24, 2.45) is 0 Å². The number of hydrogen-bond acceptors (Lipinski definition) is 4. The number of aromatic nitrogens is 2. The Balaban J connectivity index is 2.23. The number of rotatable bonds is 5. The van der Waals surface area contributed by atoms with E-state index < -0.39 is 0 Å². The Labute approximate surface area is 117 Å². The van der Waals surface area contributed by atoms with Crippen LogP contribution >= 0.6 is 11.6 Å². The molecule has 0 bridgehead atoms. The summed E-state index contributed by atoms with van der Waals surface area (Å²) in [5.41, 5.74) is 1.91. The highest BCUT2D eigenvalue weighted by Crippen LogP contribution is 2.28. The molecule has 1 heterocycles. The molecule has 0 saturated carbocycles. The van der Waals surface area contributed by atoms with E-state index in [1.54, 1.807) is 12.3 Å². The van der Waals surface area contributed by atoms with Crippen LogP contribution in [0.15, 0.2) is 36.5 Å².